The first-order valence-electron chi connectivity index (χ1n) is 16.7. The van der Waals surface area contributed by atoms with Gasteiger partial charge in [0.25, 0.3) is 0 Å². The maximum absolute atomic E-state index is 13.3. The van der Waals surface area contributed by atoms with Crippen molar-refractivity contribution in [2.45, 2.75) is 112 Å². The number of rotatable bonds is 4. The molecule has 5 aliphatic carbocycles. The molecule has 4 N–H and O–H groups in total. The number of aliphatic carboxylic acids is 1. The van der Waals surface area contributed by atoms with Crippen LogP contribution in [0.4, 0.5) is 0 Å². The van der Waals surface area contributed by atoms with Crippen LogP contribution in [0.25, 0.3) is 0 Å². The van der Waals surface area contributed by atoms with Crippen LogP contribution in [0.3, 0.4) is 0 Å². The molecule has 1 aromatic rings. The van der Waals surface area contributed by atoms with Gasteiger partial charge in [-0.3, -0.25) is 4.79 Å². The summed E-state index contributed by atoms with van der Waals surface area (Å²) in [5.74, 6) is -0.691. The number of carbonyl (C=O) groups is 2. The molecule has 0 radical (unpaired) electrons. The summed E-state index contributed by atoms with van der Waals surface area (Å²) in [6.07, 6.45) is 6.29. The van der Waals surface area contributed by atoms with Crippen molar-refractivity contribution in [2.75, 3.05) is 0 Å². The van der Waals surface area contributed by atoms with Crippen molar-refractivity contribution in [1.29, 1.82) is 0 Å². The number of carboxylic acids is 1. The van der Waals surface area contributed by atoms with Crippen LogP contribution < -0.4 is 0 Å². The minimum atomic E-state index is -0.841. The van der Waals surface area contributed by atoms with E-state index in [0.29, 0.717) is 18.3 Å². The number of phenols is 2. The van der Waals surface area contributed by atoms with E-state index in [2.05, 4.69) is 48.1 Å². The van der Waals surface area contributed by atoms with E-state index in [9.17, 15) is 30.0 Å². The zero-order valence-electron chi connectivity index (χ0n) is 27.4. The molecule has 6 rings (SSSR count). The monoisotopic (exact) mass is 608 g/mol. The maximum atomic E-state index is 13.3. The number of fused-ring (bicyclic) bond motifs is 7. The number of ether oxygens (including phenoxy) is 1. The molecule has 242 valence electrons. The topological polar surface area (TPSA) is 124 Å². The lowest BCUT2D eigenvalue weighted by atomic mass is 9.32. The van der Waals surface area contributed by atoms with Crippen molar-refractivity contribution in [3.63, 3.8) is 0 Å². The summed E-state index contributed by atoms with van der Waals surface area (Å²) in [5, 5.41) is 42.0. The van der Waals surface area contributed by atoms with Crippen molar-refractivity contribution in [3.8, 4) is 11.5 Å². The highest BCUT2D eigenvalue weighted by Gasteiger charge is 2.72. The van der Waals surface area contributed by atoms with Crippen molar-refractivity contribution < 1.29 is 34.8 Å². The molecule has 0 spiro atoms. The maximum Gasteiger partial charge on any atom is 0.338 e. The average molecular weight is 609 g/mol. The number of carboxylic acid groups (broad SMARTS) is 1. The van der Waals surface area contributed by atoms with Gasteiger partial charge in [0.15, 0.2) is 11.5 Å². The smallest absolute Gasteiger partial charge is 0.338 e. The van der Waals surface area contributed by atoms with Gasteiger partial charge < -0.3 is 25.2 Å². The molecular weight excluding hydrogens is 556 g/mol. The van der Waals surface area contributed by atoms with E-state index in [-0.39, 0.29) is 51.1 Å². The molecule has 7 nitrogen and oxygen atoms in total. The third kappa shape index (κ3) is 4.02. The van der Waals surface area contributed by atoms with Gasteiger partial charge in [0.2, 0.25) is 0 Å². The number of aliphatic hydroxyl groups excluding tert-OH is 1. The first-order valence-corrected chi connectivity index (χ1v) is 16.7. The third-order valence-electron chi connectivity index (χ3n) is 14.9. The average Bonchev–Trinajstić information content (AvgIpc) is 3.35. The molecule has 44 heavy (non-hydrogen) atoms. The Labute approximate surface area is 262 Å². The Morgan fingerprint density at radius 1 is 0.886 bits per heavy atom. The van der Waals surface area contributed by atoms with Crippen LogP contribution in [0.2, 0.25) is 0 Å². The van der Waals surface area contributed by atoms with Gasteiger partial charge in [0, 0.05) is 0 Å². The van der Waals surface area contributed by atoms with Gasteiger partial charge in [-0.05, 0) is 134 Å². The van der Waals surface area contributed by atoms with Gasteiger partial charge in [0.1, 0.15) is 6.10 Å². The number of esters is 1. The van der Waals surface area contributed by atoms with E-state index < -0.39 is 35.0 Å². The predicted molar refractivity (Wildman–Crippen MR) is 167 cm³/mol. The number of hydrogen-bond donors (Lipinski definition) is 4. The quantitative estimate of drug-likeness (QED) is 0.160. The van der Waals surface area contributed by atoms with Gasteiger partial charge in [-0.15, -0.1) is 0 Å². The zero-order chi connectivity index (χ0) is 32.2. The molecule has 0 aromatic heterocycles. The summed E-state index contributed by atoms with van der Waals surface area (Å²) < 4.78 is 6.06. The first-order chi connectivity index (χ1) is 20.4. The fourth-order valence-electron chi connectivity index (χ4n) is 12.6. The Kier molecular flexibility index (Phi) is 7.13. The molecule has 11 atom stereocenters. The molecular formula is C37H52O7. The van der Waals surface area contributed by atoms with Crippen LogP contribution in [0, 0.1) is 56.7 Å². The van der Waals surface area contributed by atoms with E-state index >= 15 is 0 Å². The van der Waals surface area contributed by atoms with Gasteiger partial charge in [-0.25, -0.2) is 4.79 Å². The van der Waals surface area contributed by atoms with E-state index in [0.717, 1.165) is 56.9 Å². The van der Waals surface area contributed by atoms with E-state index in [1.54, 1.807) is 0 Å². The van der Waals surface area contributed by atoms with Gasteiger partial charge in [-0.2, -0.15) is 0 Å². The number of benzene rings is 1. The van der Waals surface area contributed by atoms with Crippen molar-refractivity contribution >= 4 is 11.9 Å². The summed E-state index contributed by atoms with van der Waals surface area (Å²) >= 11 is 0. The lowest BCUT2D eigenvalue weighted by Crippen LogP contribution is -2.69. The first kappa shape index (κ1) is 31.4. The number of carbonyl (C=O) groups excluding carboxylic acids is 1. The van der Waals surface area contributed by atoms with Crippen LogP contribution in [0.5, 0.6) is 11.5 Å². The number of aromatic hydroxyl groups is 2. The lowest BCUT2D eigenvalue weighted by Gasteiger charge is -2.73. The molecule has 0 heterocycles. The summed E-state index contributed by atoms with van der Waals surface area (Å²) in [4.78, 5) is 26.2. The number of phenolic OH excluding ortho intramolecular Hbond substituents is 2. The molecule has 5 aliphatic rings. The molecule has 0 saturated heterocycles. The van der Waals surface area contributed by atoms with Crippen molar-refractivity contribution in [1.82, 2.24) is 0 Å². The molecule has 5 saturated carbocycles. The minimum absolute atomic E-state index is 0.0241. The molecule has 0 bridgehead atoms. The predicted octanol–water partition coefficient (Wildman–Crippen LogP) is 7.34. The fraction of sp³-hybridized carbons (Fsp3) is 0.730. The number of hydrogen-bond acceptors (Lipinski definition) is 6. The van der Waals surface area contributed by atoms with Gasteiger partial charge in [0.05, 0.1) is 17.1 Å². The summed E-state index contributed by atoms with van der Waals surface area (Å²) in [5.41, 5.74) is -0.138. The zero-order valence-corrected chi connectivity index (χ0v) is 27.4. The number of aliphatic hydroxyl groups is 1. The second-order valence-electron chi connectivity index (χ2n) is 16.8. The minimum Gasteiger partial charge on any atom is -0.504 e. The van der Waals surface area contributed by atoms with E-state index in [1.165, 1.54) is 18.2 Å². The van der Waals surface area contributed by atoms with Gasteiger partial charge >= 0.3 is 11.9 Å². The van der Waals surface area contributed by atoms with Crippen LogP contribution in [0.1, 0.15) is 110 Å². The highest BCUT2D eigenvalue weighted by molar-refractivity contribution is 5.90. The normalized spacial score (nSPS) is 45.7. The summed E-state index contributed by atoms with van der Waals surface area (Å²) in [6, 6.07) is 3.88. The highest BCUT2D eigenvalue weighted by Crippen LogP contribution is 2.77. The SMILES string of the molecule is C=C(C)[C@@H]1CC[C@]2(C(=O)O)CC[C@]3(C)[C@H](CCC4[C@@]5(C)C[C@@H](OC(=O)c6ccc(O)c(O)c6)[C@H](O)C(C)(C)C5CC[C@]43C)C12. The largest absolute Gasteiger partial charge is 0.504 e. The number of allylic oxidation sites excluding steroid dienone is 1. The molecule has 3 unspecified atom stereocenters. The van der Waals surface area contributed by atoms with Crippen LogP contribution >= 0.6 is 0 Å². The summed E-state index contributed by atoms with van der Waals surface area (Å²) in [7, 11) is 0. The Morgan fingerprint density at radius 3 is 2.23 bits per heavy atom. The molecule has 5 fully saturated rings. The van der Waals surface area contributed by atoms with Crippen molar-refractivity contribution in [3.05, 3.63) is 35.9 Å². The third-order valence-corrected chi connectivity index (χ3v) is 14.9. The Balaban J connectivity index is 1.35. The lowest BCUT2D eigenvalue weighted by molar-refractivity contribution is -0.263. The Morgan fingerprint density at radius 2 is 1.59 bits per heavy atom. The van der Waals surface area contributed by atoms with Crippen LogP contribution in [-0.2, 0) is 9.53 Å². The second-order valence-corrected chi connectivity index (χ2v) is 16.8. The van der Waals surface area contributed by atoms with Crippen LogP contribution in [-0.4, -0.2) is 44.6 Å². The second kappa shape index (κ2) is 9.98. The molecule has 7 heteroatoms. The fourth-order valence-corrected chi connectivity index (χ4v) is 12.6. The Hall–Kier alpha value is -2.54. The molecule has 0 amide bonds. The molecule has 0 aliphatic heterocycles. The van der Waals surface area contributed by atoms with E-state index in [1.807, 2.05) is 0 Å². The molecule has 1 aromatic carbocycles. The van der Waals surface area contributed by atoms with E-state index in [4.69, 9.17) is 4.74 Å². The Bertz CT molecular complexity index is 1380. The van der Waals surface area contributed by atoms with Crippen LogP contribution in [0.15, 0.2) is 30.4 Å². The summed E-state index contributed by atoms with van der Waals surface area (Å²) in [6.45, 7) is 18.0. The van der Waals surface area contributed by atoms with Gasteiger partial charge in [-0.1, -0.05) is 46.8 Å². The highest BCUT2D eigenvalue weighted by atomic mass is 16.6. The van der Waals surface area contributed by atoms with Crippen molar-refractivity contribution in [2.24, 2.45) is 56.7 Å². The standard InChI is InChI=1S/C37H52O7/c1-20(2)22-12-15-37(32(42)43)17-16-35(6)23(29(22)37)9-11-28-34(5)19-26(44-31(41)21-8-10-24(38)25(39)18-21)30(40)33(3,4)27(34)13-14-36(28,35)7/h8,10,18,22-23,26-30,38-40H,1,9,11-17,19H2,2-7H3,(H,42,43)/t22-,23+,26+,27?,28?,29?,30-,34-,35+,36+,37-/m0/s1.